The summed E-state index contributed by atoms with van der Waals surface area (Å²) in [5.74, 6) is 0.654. The Morgan fingerprint density at radius 2 is 2.42 bits per heavy atom. The van der Waals surface area contributed by atoms with Crippen molar-refractivity contribution in [3.8, 4) is 0 Å². The molecule has 0 saturated heterocycles. The molecule has 1 aliphatic heterocycles. The third-order valence-electron chi connectivity index (χ3n) is 2.88. The predicted molar refractivity (Wildman–Crippen MR) is 71.7 cm³/mol. The van der Waals surface area contributed by atoms with Gasteiger partial charge in [0.25, 0.3) is 0 Å². The van der Waals surface area contributed by atoms with Crippen molar-refractivity contribution < 1.29 is 14.3 Å². The van der Waals surface area contributed by atoms with Crippen molar-refractivity contribution in [3.63, 3.8) is 0 Å². The van der Waals surface area contributed by atoms with Crippen molar-refractivity contribution in [1.29, 1.82) is 0 Å². The lowest BCUT2D eigenvalue weighted by Gasteiger charge is -2.29. The van der Waals surface area contributed by atoms with Crippen LogP contribution in [0.2, 0.25) is 0 Å². The molecule has 1 aromatic heterocycles. The molecule has 2 heterocycles. The van der Waals surface area contributed by atoms with Crippen LogP contribution in [0, 0.1) is 0 Å². The van der Waals surface area contributed by atoms with Crippen LogP contribution in [0.3, 0.4) is 0 Å². The first kappa shape index (κ1) is 13.5. The van der Waals surface area contributed by atoms with Gasteiger partial charge in [0.1, 0.15) is 30.5 Å². The number of ketones is 1. The SMILES string of the molecule is CCOC(C)C(=O)C1=COCCN1c1ccccn1. The van der Waals surface area contributed by atoms with E-state index in [9.17, 15) is 4.79 Å². The van der Waals surface area contributed by atoms with Crippen molar-refractivity contribution in [3.05, 3.63) is 36.4 Å². The van der Waals surface area contributed by atoms with Gasteiger partial charge in [-0.2, -0.15) is 0 Å². The van der Waals surface area contributed by atoms with E-state index in [1.54, 1.807) is 13.1 Å². The average Bonchev–Trinajstić information content (AvgIpc) is 2.47. The van der Waals surface area contributed by atoms with Gasteiger partial charge in [-0.15, -0.1) is 0 Å². The third kappa shape index (κ3) is 3.12. The smallest absolute Gasteiger partial charge is 0.210 e. The van der Waals surface area contributed by atoms with E-state index in [1.807, 2.05) is 30.0 Å². The monoisotopic (exact) mass is 262 g/mol. The van der Waals surface area contributed by atoms with Crippen LogP contribution in [-0.4, -0.2) is 36.6 Å². The average molecular weight is 262 g/mol. The number of nitrogens with zero attached hydrogens (tertiary/aromatic N) is 2. The van der Waals surface area contributed by atoms with Crippen LogP contribution in [0.4, 0.5) is 5.82 Å². The normalized spacial score (nSPS) is 16.5. The summed E-state index contributed by atoms with van der Waals surface area (Å²) >= 11 is 0. The number of ether oxygens (including phenoxy) is 2. The van der Waals surface area contributed by atoms with Gasteiger partial charge in [0, 0.05) is 12.8 Å². The molecule has 0 fully saturated rings. The highest BCUT2D eigenvalue weighted by Crippen LogP contribution is 2.21. The molecule has 0 aromatic carbocycles. The summed E-state index contributed by atoms with van der Waals surface area (Å²) in [5, 5.41) is 0. The molecule has 5 heteroatoms. The zero-order valence-corrected chi connectivity index (χ0v) is 11.2. The summed E-state index contributed by atoms with van der Waals surface area (Å²) in [6.07, 6.45) is 2.72. The summed E-state index contributed by atoms with van der Waals surface area (Å²) in [5.41, 5.74) is 0.492. The van der Waals surface area contributed by atoms with Crippen LogP contribution >= 0.6 is 0 Å². The molecule has 0 aliphatic carbocycles. The van der Waals surface area contributed by atoms with E-state index in [4.69, 9.17) is 9.47 Å². The minimum Gasteiger partial charge on any atom is -0.497 e. The van der Waals surface area contributed by atoms with Crippen molar-refractivity contribution in [2.75, 3.05) is 24.7 Å². The largest absolute Gasteiger partial charge is 0.497 e. The molecule has 0 spiro atoms. The molecule has 0 amide bonds. The standard InChI is InChI=1S/C14H18N2O3/c1-3-19-11(2)14(17)12-10-18-9-8-16(12)13-6-4-5-7-15-13/h4-7,10-11H,3,8-9H2,1-2H3. The van der Waals surface area contributed by atoms with E-state index in [0.717, 1.165) is 5.82 Å². The van der Waals surface area contributed by atoms with Crippen LogP contribution in [0.5, 0.6) is 0 Å². The number of aromatic nitrogens is 1. The molecule has 0 saturated carbocycles. The number of hydrogen-bond acceptors (Lipinski definition) is 5. The molecule has 1 aromatic rings. The number of carbonyl (C=O) groups is 1. The number of Topliss-reactive ketones (excluding diaryl/α,β-unsaturated/α-hetero) is 1. The molecular weight excluding hydrogens is 244 g/mol. The van der Waals surface area contributed by atoms with Gasteiger partial charge in [-0.25, -0.2) is 4.98 Å². The topological polar surface area (TPSA) is 51.7 Å². The Balaban J connectivity index is 2.21. The van der Waals surface area contributed by atoms with Crippen molar-refractivity contribution in [2.24, 2.45) is 0 Å². The number of rotatable bonds is 5. The van der Waals surface area contributed by atoms with Crippen LogP contribution in [0.1, 0.15) is 13.8 Å². The first-order valence-corrected chi connectivity index (χ1v) is 6.40. The molecule has 0 bridgehead atoms. The molecule has 102 valence electrons. The molecule has 1 atom stereocenters. The predicted octanol–water partition coefficient (Wildman–Crippen LogP) is 1.75. The Morgan fingerprint density at radius 3 is 3.11 bits per heavy atom. The van der Waals surface area contributed by atoms with Gasteiger partial charge >= 0.3 is 0 Å². The van der Waals surface area contributed by atoms with E-state index in [1.165, 1.54) is 6.26 Å². The second-order valence-corrected chi connectivity index (χ2v) is 4.18. The summed E-state index contributed by atoms with van der Waals surface area (Å²) in [7, 11) is 0. The van der Waals surface area contributed by atoms with Gasteiger partial charge in [0.15, 0.2) is 0 Å². The zero-order chi connectivity index (χ0) is 13.7. The lowest BCUT2D eigenvalue weighted by molar-refractivity contribution is -0.125. The Morgan fingerprint density at radius 1 is 1.58 bits per heavy atom. The van der Waals surface area contributed by atoms with Crippen LogP contribution in [0.15, 0.2) is 36.4 Å². The van der Waals surface area contributed by atoms with E-state index < -0.39 is 6.10 Å². The first-order valence-electron chi connectivity index (χ1n) is 6.40. The molecule has 5 nitrogen and oxygen atoms in total. The van der Waals surface area contributed by atoms with Crippen molar-refractivity contribution in [1.82, 2.24) is 4.98 Å². The molecule has 1 aliphatic rings. The molecule has 0 radical (unpaired) electrons. The van der Waals surface area contributed by atoms with Gasteiger partial charge < -0.3 is 14.4 Å². The number of carbonyl (C=O) groups excluding carboxylic acids is 1. The summed E-state index contributed by atoms with van der Waals surface area (Å²) < 4.78 is 10.6. The van der Waals surface area contributed by atoms with Crippen molar-refractivity contribution in [2.45, 2.75) is 20.0 Å². The van der Waals surface area contributed by atoms with Crippen LogP contribution in [-0.2, 0) is 14.3 Å². The zero-order valence-electron chi connectivity index (χ0n) is 11.2. The molecule has 2 rings (SSSR count). The van der Waals surface area contributed by atoms with Gasteiger partial charge in [-0.05, 0) is 26.0 Å². The minimum atomic E-state index is -0.482. The van der Waals surface area contributed by atoms with E-state index in [-0.39, 0.29) is 5.78 Å². The second-order valence-electron chi connectivity index (χ2n) is 4.18. The summed E-state index contributed by atoms with van der Waals surface area (Å²) in [6.45, 7) is 5.26. The highest BCUT2D eigenvalue weighted by atomic mass is 16.5. The Labute approximate surface area is 112 Å². The van der Waals surface area contributed by atoms with Crippen LogP contribution < -0.4 is 4.90 Å². The fourth-order valence-corrected chi connectivity index (χ4v) is 1.94. The maximum Gasteiger partial charge on any atom is 0.210 e. The molecule has 0 N–H and O–H groups in total. The fourth-order valence-electron chi connectivity index (χ4n) is 1.94. The quantitative estimate of drug-likeness (QED) is 0.809. The Kier molecular flexibility index (Phi) is 4.52. The Bertz CT molecular complexity index is 459. The highest BCUT2D eigenvalue weighted by molar-refractivity contribution is 6.01. The Hall–Kier alpha value is -1.88. The molecule has 1 unspecified atom stereocenters. The van der Waals surface area contributed by atoms with Gasteiger partial charge in [0.2, 0.25) is 5.78 Å². The lowest BCUT2D eigenvalue weighted by Crippen LogP contribution is -2.38. The van der Waals surface area contributed by atoms with E-state index in [2.05, 4.69) is 4.98 Å². The lowest BCUT2D eigenvalue weighted by atomic mass is 10.1. The van der Waals surface area contributed by atoms with Gasteiger partial charge in [-0.3, -0.25) is 4.79 Å². The minimum absolute atomic E-state index is 0.0906. The van der Waals surface area contributed by atoms with Crippen LogP contribution in [0.25, 0.3) is 0 Å². The number of hydrogen-bond donors (Lipinski definition) is 0. The first-order chi connectivity index (χ1) is 9.24. The summed E-state index contributed by atoms with van der Waals surface area (Å²) in [4.78, 5) is 18.5. The van der Waals surface area contributed by atoms with E-state index in [0.29, 0.717) is 25.5 Å². The van der Waals surface area contributed by atoms with Crippen molar-refractivity contribution >= 4 is 11.6 Å². The third-order valence-corrected chi connectivity index (χ3v) is 2.88. The molecule has 19 heavy (non-hydrogen) atoms. The maximum absolute atomic E-state index is 12.3. The number of anilines is 1. The summed E-state index contributed by atoms with van der Waals surface area (Å²) in [6, 6.07) is 5.61. The second kappa shape index (κ2) is 6.33. The van der Waals surface area contributed by atoms with Gasteiger partial charge in [0.05, 0.1) is 6.54 Å². The highest BCUT2D eigenvalue weighted by Gasteiger charge is 2.27. The maximum atomic E-state index is 12.3. The van der Waals surface area contributed by atoms with Gasteiger partial charge in [-0.1, -0.05) is 6.07 Å². The number of pyridine rings is 1. The fraction of sp³-hybridized carbons (Fsp3) is 0.429. The van der Waals surface area contributed by atoms with E-state index >= 15 is 0 Å². The molecular formula is C14H18N2O3.